The van der Waals surface area contributed by atoms with E-state index >= 15 is 0 Å². The van der Waals surface area contributed by atoms with Gasteiger partial charge in [0.1, 0.15) is 5.69 Å². The Morgan fingerprint density at radius 2 is 2.03 bits per heavy atom. The van der Waals surface area contributed by atoms with Crippen LogP contribution in [0.3, 0.4) is 0 Å². The molecule has 1 fully saturated rings. The van der Waals surface area contributed by atoms with E-state index in [0.29, 0.717) is 10.8 Å². The third-order valence-corrected chi connectivity index (χ3v) is 6.16. The number of carbonyl (C=O) groups is 1. The summed E-state index contributed by atoms with van der Waals surface area (Å²) in [5, 5.41) is 6.42. The summed E-state index contributed by atoms with van der Waals surface area (Å²) in [4.78, 5) is 28.3. The smallest absolute Gasteiger partial charge is 0.276 e. The van der Waals surface area contributed by atoms with E-state index < -0.39 is 0 Å². The number of pyridine rings is 2. The van der Waals surface area contributed by atoms with Gasteiger partial charge in [0.2, 0.25) is 0 Å². The van der Waals surface area contributed by atoms with Gasteiger partial charge in [0.25, 0.3) is 5.91 Å². The standard InChI is InChI=1S/C23H21N5OS/c29-22(27-23-25-12-14-30-23)20-9-2-8-19(26-20)21-10-4-13-28(21)15-16-5-1-7-18-17(16)6-3-11-24-18/h1-3,5-9,11-12,14,21H,4,10,13,15H2,(H,25,27,29)/t21-/m1/s1. The highest BCUT2D eigenvalue weighted by molar-refractivity contribution is 7.13. The van der Waals surface area contributed by atoms with E-state index in [1.807, 2.05) is 35.8 Å². The summed E-state index contributed by atoms with van der Waals surface area (Å²) in [6.07, 6.45) is 5.65. The molecule has 6 nitrogen and oxygen atoms in total. The molecule has 1 aliphatic rings. The highest BCUT2D eigenvalue weighted by Gasteiger charge is 2.28. The Labute approximate surface area is 178 Å². The van der Waals surface area contributed by atoms with Gasteiger partial charge in [0.15, 0.2) is 5.13 Å². The molecule has 1 atom stereocenters. The monoisotopic (exact) mass is 415 g/mol. The van der Waals surface area contributed by atoms with Crippen molar-refractivity contribution in [2.24, 2.45) is 0 Å². The predicted octanol–water partition coefficient (Wildman–Crippen LogP) is 4.68. The zero-order valence-corrected chi connectivity index (χ0v) is 17.2. The van der Waals surface area contributed by atoms with Gasteiger partial charge in [-0.3, -0.25) is 20.0 Å². The summed E-state index contributed by atoms with van der Waals surface area (Å²) >= 11 is 1.39. The number of fused-ring (bicyclic) bond motifs is 1. The molecule has 0 spiro atoms. The molecule has 150 valence electrons. The van der Waals surface area contributed by atoms with Crippen LogP contribution in [0, 0.1) is 0 Å². The van der Waals surface area contributed by atoms with Crippen molar-refractivity contribution in [2.75, 3.05) is 11.9 Å². The molecule has 1 aromatic carbocycles. The first kappa shape index (κ1) is 18.8. The van der Waals surface area contributed by atoms with E-state index in [4.69, 9.17) is 4.98 Å². The van der Waals surface area contributed by atoms with Crippen molar-refractivity contribution >= 4 is 33.3 Å². The van der Waals surface area contributed by atoms with Gasteiger partial charge in [-0.05, 0) is 49.2 Å². The fourth-order valence-corrected chi connectivity index (χ4v) is 4.61. The number of thiazole rings is 1. The van der Waals surface area contributed by atoms with Crippen molar-refractivity contribution in [1.82, 2.24) is 19.9 Å². The number of rotatable bonds is 5. The van der Waals surface area contributed by atoms with E-state index in [9.17, 15) is 4.79 Å². The number of hydrogen-bond acceptors (Lipinski definition) is 6. The van der Waals surface area contributed by atoms with Gasteiger partial charge in [0, 0.05) is 29.7 Å². The minimum Gasteiger partial charge on any atom is -0.296 e. The first-order valence-corrected chi connectivity index (χ1v) is 10.9. The van der Waals surface area contributed by atoms with Gasteiger partial charge in [-0.2, -0.15) is 0 Å². The van der Waals surface area contributed by atoms with Crippen LogP contribution in [0.4, 0.5) is 5.13 Å². The molecule has 1 saturated heterocycles. The molecule has 1 N–H and O–H groups in total. The lowest BCUT2D eigenvalue weighted by atomic mass is 10.1. The second kappa shape index (κ2) is 8.30. The van der Waals surface area contributed by atoms with E-state index in [1.165, 1.54) is 22.3 Å². The average Bonchev–Trinajstić information content (AvgIpc) is 3.46. The highest BCUT2D eigenvalue weighted by Crippen LogP contribution is 2.33. The Hall–Kier alpha value is -3.16. The maximum atomic E-state index is 12.6. The molecule has 1 amide bonds. The second-order valence-electron chi connectivity index (χ2n) is 7.35. The van der Waals surface area contributed by atoms with Gasteiger partial charge in [0.05, 0.1) is 17.3 Å². The van der Waals surface area contributed by atoms with Crippen molar-refractivity contribution in [1.29, 1.82) is 0 Å². The maximum Gasteiger partial charge on any atom is 0.276 e. The Bertz CT molecular complexity index is 1170. The summed E-state index contributed by atoms with van der Waals surface area (Å²) in [6.45, 7) is 1.85. The minimum atomic E-state index is -0.225. The third kappa shape index (κ3) is 3.81. The molecule has 0 bridgehead atoms. The molecular formula is C23H21N5OS. The van der Waals surface area contributed by atoms with Crippen LogP contribution < -0.4 is 5.32 Å². The van der Waals surface area contributed by atoms with Crippen LogP contribution in [-0.4, -0.2) is 32.3 Å². The molecule has 30 heavy (non-hydrogen) atoms. The van der Waals surface area contributed by atoms with E-state index in [1.54, 1.807) is 12.3 Å². The van der Waals surface area contributed by atoms with Gasteiger partial charge >= 0.3 is 0 Å². The summed E-state index contributed by atoms with van der Waals surface area (Å²) < 4.78 is 0. The Kier molecular flexibility index (Phi) is 5.21. The van der Waals surface area contributed by atoms with Crippen LogP contribution in [0.1, 0.15) is 40.6 Å². The van der Waals surface area contributed by atoms with Gasteiger partial charge < -0.3 is 0 Å². The zero-order valence-electron chi connectivity index (χ0n) is 16.4. The number of anilines is 1. The fourth-order valence-electron chi connectivity index (χ4n) is 4.08. The lowest BCUT2D eigenvalue weighted by Crippen LogP contribution is -2.24. The van der Waals surface area contributed by atoms with E-state index in [0.717, 1.165) is 37.1 Å². The highest BCUT2D eigenvalue weighted by atomic mass is 32.1. The summed E-state index contributed by atoms with van der Waals surface area (Å²) in [5.41, 5.74) is 3.65. The summed E-state index contributed by atoms with van der Waals surface area (Å²) in [6, 6.07) is 16.3. The lowest BCUT2D eigenvalue weighted by molar-refractivity contribution is 0.102. The molecule has 4 aromatic rings. The molecule has 0 radical (unpaired) electrons. The normalized spacial score (nSPS) is 16.7. The van der Waals surface area contributed by atoms with Crippen molar-refractivity contribution in [3.8, 4) is 0 Å². The average molecular weight is 416 g/mol. The van der Waals surface area contributed by atoms with Gasteiger partial charge in [-0.15, -0.1) is 11.3 Å². The van der Waals surface area contributed by atoms with Crippen molar-refractivity contribution in [3.63, 3.8) is 0 Å². The van der Waals surface area contributed by atoms with E-state index in [2.05, 4.69) is 38.4 Å². The molecule has 0 saturated carbocycles. The second-order valence-corrected chi connectivity index (χ2v) is 8.25. The van der Waals surface area contributed by atoms with Crippen LogP contribution in [0.25, 0.3) is 10.9 Å². The SMILES string of the molecule is O=C(Nc1nccs1)c1cccc([C@H]2CCCN2Cc2cccc3ncccc23)n1. The van der Waals surface area contributed by atoms with Crippen molar-refractivity contribution < 1.29 is 4.79 Å². The number of amides is 1. The molecule has 0 aliphatic carbocycles. The number of nitrogens with one attached hydrogen (secondary N) is 1. The Morgan fingerprint density at radius 1 is 1.10 bits per heavy atom. The number of likely N-dealkylation sites (tertiary alicyclic amines) is 1. The maximum absolute atomic E-state index is 12.6. The Balaban J connectivity index is 1.38. The largest absolute Gasteiger partial charge is 0.296 e. The third-order valence-electron chi connectivity index (χ3n) is 5.47. The molecule has 4 heterocycles. The van der Waals surface area contributed by atoms with Gasteiger partial charge in [-0.1, -0.05) is 24.3 Å². The first-order valence-electron chi connectivity index (χ1n) is 10.0. The molecule has 0 unspecified atom stereocenters. The Morgan fingerprint density at radius 3 is 2.93 bits per heavy atom. The van der Waals surface area contributed by atoms with E-state index in [-0.39, 0.29) is 11.9 Å². The topological polar surface area (TPSA) is 71.0 Å². The van der Waals surface area contributed by atoms with Crippen molar-refractivity contribution in [3.05, 3.63) is 83.3 Å². The minimum absolute atomic E-state index is 0.199. The zero-order chi connectivity index (χ0) is 20.3. The summed E-state index contributed by atoms with van der Waals surface area (Å²) in [5.74, 6) is -0.225. The van der Waals surface area contributed by atoms with Crippen LogP contribution in [0.15, 0.2) is 66.3 Å². The molecule has 3 aromatic heterocycles. The van der Waals surface area contributed by atoms with Crippen LogP contribution in [0.2, 0.25) is 0 Å². The first-order chi connectivity index (χ1) is 14.8. The molecule has 5 rings (SSSR count). The van der Waals surface area contributed by atoms with Crippen LogP contribution in [-0.2, 0) is 6.54 Å². The lowest BCUT2D eigenvalue weighted by Gasteiger charge is -2.25. The fraction of sp³-hybridized carbons (Fsp3) is 0.217. The molecule has 1 aliphatic heterocycles. The number of benzene rings is 1. The quantitative estimate of drug-likeness (QED) is 0.513. The number of aromatic nitrogens is 3. The van der Waals surface area contributed by atoms with Crippen molar-refractivity contribution in [2.45, 2.75) is 25.4 Å². The number of nitrogens with zero attached hydrogens (tertiary/aromatic N) is 4. The number of hydrogen-bond donors (Lipinski definition) is 1. The van der Waals surface area contributed by atoms with Crippen LogP contribution in [0.5, 0.6) is 0 Å². The molecule has 7 heteroatoms. The number of carbonyl (C=O) groups excluding carboxylic acids is 1. The predicted molar refractivity (Wildman–Crippen MR) is 118 cm³/mol. The van der Waals surface area contributed by atoms with Crippen LogP contribution >= 0.6 is 11.3 Å². The summed E-state index contributed by atoms with van der Waals surface area (Å²) in [7, 11) is 0. The molecular weight excluding hydrogens is 394 g/mol. The van der Waals surface area contributed by atoms with Gasteiger partial charge in [-0.25, -0.2) is 9.97 Å².